The summed E-state index contributed by atoms with van der Waals surface area (Å²) < 4.78 is 76.0. The first-order valence-corrected chi connectivity index (χ1v) is 9.07. The minimum absolute atomic E-state index is 0.293. The van der Waals surface area contributed by atoms with Gasteiger partial charge in [0.15, 0.2) is 0 Å². The van der Waals surface area contributed by atoms with Crippen molar-refractivity contribution in [1.29, 1.82) is 0 Å². The van der Waals surface area contributed by atoms with Crippen molar-refractivity contribution < 1.29 is 25.6 Å². The van der Waals surface area contributed by atoms with Crippen molar-refractivity contribution in [2.45, 2.75) is 4.90 Å². The third-order valence-electron chi connectivity index (χ3n) is 2.21. The molecule has 2 N–H and O–H groups in total. The van der Waals surface area contributed by atoms with Crippen molar-refractivity contribution in [3.05, 3.63) is 28.2 Å². The van der Waals surface area contributed by atoms with E-state index in [1.54, 1.807) is 0 Å². The highest BCUT2D eigenvalue weighted by atomic mass is 79.9. The van der Waals surface area contributed by atoms with Gasteiger partial charge in [-0.05, 0) is 29.0 Å². The largest absolute Gasteiger partial charge is 0.244 e. The molecular formula is C9H11BrF2N2O4S2. The molecule has 0 saturated heterocycles. The second-order valence-corrected chi connectivity index (χ2v) is 8.22. The normalized spacial score (nSPS) is 12.6. The van der Waals surface area contributed by atoms with Crippen LogP contribution in [0.1, 0.15) is 0 Å². The predicted molar refractivity (Wildman–Crippen MR) is 72.1 cm³/mol. The summed E-state index contributed by atoms with van der Waals surface area (Å²) in [4.78, 5) is -0.777. The van der Waals surface area contributed by atoms with Gasteiger partial charge in [0, 0.05) is 17.1 Å². The lowest BCUT2D eigenvalue weighted by Crippen LogP contribution is -2.33. The summed E-state index contributed by atoms with van der Waals surface area (Å²) >= 11 is 2.75. The van der Waals surface area contributed by atoms with Gasteiger partial charge in [-0.15, -0.1) is 0 Å². The molecule has 1 rings (SSSR count). The Morgan fingerprint density at radius 2 is 1.80 bits per heavy atom. The summed E-state index contributed by atoms with van der Waals surface area (Å²) in [6.45, 7) is -0.450. The summed E-state index contributed by atoms with van der Waals surface area (Å²) in [5, 5.41) is 0. The lowest BCUT2D eigenvalue weighted by molar-refractivity contribution is 0.541. The molecule has 0 atom stereocenters. The van der Waals surface area contributed by atoms with Gasteiger partial charge in [0.25, 0.3) is 0 Å². The van der Waals surface area contributed by atoms with Crippen molar-refractivity contribution in [2.24, 2.45) is 0 Å². The van der Waals surface area contributed by atoms with Crippen LogP contribution in [0.4, 0.5) is 8.78 Å². The summed E-state index contributed by atoms with van der Waals surface area (Å²) in [6, 6.07) is 1.21. The summed E-state index contributed by atoms with van der Waals surface area (Å²) in [5.41, 5.74) is 0. The summed E-state index contributed by atoms with van der Waals surface area (Å²) in [5.74, 6) is -2.73. The number of hydrogen-bond donors (Lipinski definition) is 2. The average molecular weight is 393 g/mol. The van der Waals surface area contributed by atoms with E-state index in [2.05, 4.69) is 15.9 Å². The van der Waals surface area contributed by atoms with E-state index in [1.807, 2.05) is 9.44 Å². The highest BCUT2D eigenvalue weighted by Gasteiger charge is 2.23. The Labute approximate surface area is 123 Å². The zero-order valence-corrected chi connectivity index (χ0v) is 13.4. The predicted octanol–water partition coefficient (Wildman–Crippen LogP) is 0.555. The van der Waals surface area contributed by atoms with Crippen LogP contribution in [0.2, 0.25) is 0 Å². The van der Waals surface area contributed by atoms with E-state index in [1.165, 1.54) is 7.05 Å². The molecule has 0 bridgehead atoms. The maximum atomic E-state index is 13.5. The van der Waals surface area contributed by atoms with Crippen LogP contribution in [-0.2, 0) is 20.0 Å². The second-order valence-electron chi connectivity index (χ2n) is 3.62. The Bertz CT molecular complexity index is 684. The van der Waals surface area contributed by atoms with Crippen molar-refractivity contribution >= 4 is 36.0 Å². The molecule has 20 heavy (non-hydrogen) atoms. The van der Waals surface area contributed by atoms with Gasteiger partial charge < -0.3 is 0 Å². The van der Waals surface area contributed by atoms with Gasteiger partial charge in [0.05, 0.1) is 5.75 Å². The van der Waals surface area contributed by atoms with Crippen LogP contribution >= 0.6 is 15.9 Å². The van der Waals surface area contributed by atoms with Gasteiger partial charge in [0.1, 0.15) is 16.5 Å². The molecule has 0 heterocycles. The van der Waals surface area contributed by atoms with Crippen LogP contribution in [0.25, 0.3) is 0 Å². The van der Waals surface area contributed by atoms with Gasteiger partial charge in [-0.3, -0.25) is 0 Å². The Hall–Kier alpha value is -0.620. The van der Waals surface area contributed by atoms with Gasteiger partial charge in [-0.1, -0.05) is 0 Å². The average Bonchev–Trinajstić information content (AvgIpc) is 2.26. The van der Waals surface area contributed by atoms with E-state index in [-0.39, 0.29) is 4.47 Å². The summed E-state index contributed by atoms with van der Waals surface area (Å²) in [6.07, 6.45) is 0. The van der Waals surface area contributed by atoms with Crippen LogP contribution in [0.3, 0.4) is 0 Å². The van der Waals surface area contributed by atoms with Crippen LogP contribution in [0, 0.1) is 11.6 Å². The maximum absolute atomic E-state index is 13.5. The van der Waals surface area contributed by atoms with E-state index in [4.69, 9.17) is 0 Å². The number of halogens is 3. The monoisotopic (exact) mass is 392 g/mol. The third kappa shape index (κ3) is 4.45. The van der Waals surface area contributed by atoms with Gasteiger partial charge >= 0.3 is 0 Å². The van der Waals surface area contributed by atoms with Crippen LogP contribution in [-0.4, -0.2) is 36.2 Å². The van der Waals surface area contributed by atoms with Crippen molar-refractivity contribution in [3.63, 3.8) is 0 Å². The standard InChI is InChI=1S/C9H11BrF2N2O4S2/c1-13-19(15,16)3-2-14-20(17,18)9-7(10)4-6(11)5-8(9)12/h4-5,13-14H,2-3H2,1H3. The first-order chi connectivity index (χ1) is 9.09. The Kier molecular flexibility index (Phi) is 5.61. The molecule has 0 spiro atoms. The molecule has 0 aliphatic rings. The fourth-order valence-electron chi connectivity index (χ4n) is 1.27. The lowest BCUT2D eigenvalue weighted by Gasteiger charge is -2.09. The number of sulfonamides is 2. The second kappa shape index (κ2) is 6.43. The van der Waals surface area contributed by atoms with Crippen LogP contribution < -0.4 is 9.44 Å². The van der Waals surface area contributed by atoms with E-state index >= 15 is 0 Å². The molecule has 1 aromatic carbocycles. The fourth-order valence-corrected chi connectivity index (χ4v) is 4.17. The summed E-state index contributed by atoms with van der Waals surface area (Å²) in [7, 11) is -6.71. The Morgan fingerprint density at radius 3 is 2.30 bits per heavy atom. The molecule has 0 saturated carbocycles. The zero-order chi connectivity index (χ0) is 15.6. The van der Waals surface area contributed by atoms with Crippen LogP contribution in [0.5, 0.6) is 0 Å². The van der Waals surface area contributed by atoms with Gasteiger partial charge in [0.2, 0.25) is 20.0 Å². The first kappa shape index (κ1) is 17.4. The molecule has 0 radical (unpaired) electrons. The first-order valence-electron chi connectivity index (χ1n) is 5.14. The minimum Gasteiger partial charge on any atom is -0.218 e. The number of hydrogen-bond acceptors (Lipinski definition) is 4. The highest BCUT2D eigenvalue weighted by Crippen LogP contribution is 2.25. The quantitative estimate of drug-likeness (QED) is 0.739. The maximum Gasteiger partial charge on any atom is 0.244 e. The highest BCUT2D eigenvalue weighted by molar-refractivity contribution is 9.10. The van der Waals surface area contributed by atoms with E-state index in [0.29, 0.717) is 6.07 Å². The smallest absolute Gasteiger partial charge is 0.218 e. The zero-order valence-electron chi connectivity index (χ0n) is 10.2. The third-order valence-corrected chi connectivity index (χ3v) is 5.99. The molecule has 1 aromatic rings. The Balaban J connectivity index is 2.96. The number of rotatable bonds is 6. The molecule has 0 unspecified atom stereocenters. The van der Waals surface area contributed by atoms with Gasteiger partial charge in [-0.25, -0.2) is 35.1 Å². The molecular weight excluding hydrogens is 382 g/mol. The number of benzene rings is 1. The molecule has 114 valence electrons. The van der Waals surface area contributed by atoms with E-state index in [9.17, 15) is 25.6 Å². The van der Waals surface area contributed by atoms with E-state index < -0.39 is 48.9 Å². The van der Waals surface area contributed by atoms with E-state index in [0.717, 1.165) is 6.07 Å². The molecule has 6 nitrogen and oxygen atoms in total. The molecule has 0 aromatic heterocycles. The topological polar surface area (TPSA) is 92.3 Å². The molecule has 0 aliphatic carbocycles. The molecule has 0 amide bonds. The fraction of sp³-hybridized carbons (Fsp3) is 0.333. The van der Waals surface area contributed by atoms with Crippen LogP contribution in [0.15, 0.2) is 21.5 Å². The lowest BCUT2D eigenvalue weighted by atomic mass is 10.3. The SMILES string of the molecule is CNS(=O)(=O)CCNS(=O)(=O)c1c(F)cc(F)cc1Br. The van der Waals surface area contributed by atoms with Crippen molar-refractivity contribution in [2.75, 3.05) is 19.3 Å². The van der Waals surface area contributed by atoms with Gasteiger partial charge in [-0.2, -0.15) is 0 Å². The molecule has 11 heteroatoms. The minimum atomic E-state index is -4.30. The molecule has 0 aliphatic heterocycles. The van der Waals surface area contributed by atoms with Crippen molar-refractivity contribution in [1.82, 2.24) is 9.44 Å². The van der Waals surface area contributed by atoms with Crippen molar-refractivity contribution in [3.8, 4) is 0 Å². The Morgan fingerprint density at radius 1 is 1.20 bits per heavy atom. The number of nitrogens with one attached hydrogen (secondary N) is 2. The molecule has 0 fully saturated rings.